The van der Waals surface area contributed by atoms with Crippen LogP contribution in [0.5, 0.6) is 11.5 Å². The molecule has 104 valence electrons. The van der Waals surface area contributed by atoms with Crippen molar-refractivity contribution in [2.75, 3.05) is 27.4 Å². The SMILES string of the molecule is CNC(c1ccc2c(c1)OCCO2)C(OC)C1CC1. The van der Waals surface area contributed by atoms with Crippen LogP contribution in [0.25, 0.3) is 0 Å². The highest BCUT2D eigenvalue weighted by Gasteiger charge is 2.37. The van der Waals surface area contributed by atoms with Gasteiger partial charge in [0.1, 0.15) is 13.2 Å². The second-order valence-electron chi connectivity index (χ2n) is 5.21. The summed E-state index contributed by atoms with van der Waals surface area (Å²) in [5.74, 6) is 2.36. The zero-order valence-corrected chi connectivity index (χ0v) is 11.5. The van der Waals surface area contributed by atoms with Gasteiger partial charge in [0.2, 0.25) is 0 Å². The van der Waals surface area contributed by atoms with Crippen LogP contribution in [-0.2, 0) is 4.74 Å². The predicted molar refractivity (Wildman–Crippen MR) is 72.8 cm³/mol. The molecule has 0 aromatic heterocycles. The van der Waals surface area contributed by atoms with Crippen LogP contribution in [0, 0.1) is 5.92 Å². The van der Waals surface area contributed by atoms with Crippen LogP contribution < -0.4 is 14.8 Å². The molecule has 1 heterocycles. The molecule has 1 fully saturated rings. The number of methoxy groups -OCH3 is 1. The fraction of sp³-hybridized carbons (Fsp3) is 0.600. The first-order valence-electron chi connectivity index (χ1n) is 6.93. The van der Waals surface area contributed by atoms with E-state index in [1.165, 1.54) is 18.4 Å². The summed E-state index contributed by atoms with van der Waals surface area (Å²) in [4.78, 5) is 0. The van der Waals surface area contributed by atoms with Crippen molar-refractivity contribution in [3.05, 3.63) is 23.8 Å². The Bertz CT molecular complexity index is 445. The van der Waals surface area contributed by atoms with E-state index in [2.05, 4.69) is 17.4 Å². The molecule has 1 N–H and O–H groups in total. The average Bonchev–Trinajstić information content (AvgIpc) is 3.28. The molecule has 2 aliphatic rings. The average molecular weight is 263 g/mol. The summed E-state index contributed by atoms with van der Waals surface area (Å²) in [5, 5.41) is 3.38. The van der Waals surface area contributed by atoms with Crippen LogP contribution in [-0.4, -0.2) is 33.5 Å². The largest absolute Gasteiger partial charge is 0.486 e. The van der Waals surface area contributed by atoms with Crippen molar-refractivity contribution in [3.8, 4) is 11.5 Å². The van der Waals surface area contributed by atoms with Crippen molar-refractivity contribution in [2.24, 2.45) is 5.92 Å². The van der Waals surface area contributed by atoms with E-state index in [0.717, 1.165) is 11.5 Å². The fourth-order valence-electron chi connectivity index (χ4n) is 2.80. The molecule has 0 bridgehead atoms. The molecule has 1 aliphatic heterocycles. The van der Waals surface area contributed by atoms with Gasteiger partial charge in [-0.3, -0.25) is 0 Å². The monoisotopic (exact) mass is 263 g/mol. The third kappa shape index (κ3) is 2.55. The zero-order chi connectivity index (χ0) is 13.2. The highest BCUT2D eigenvalue weighted by molar-refractivity contribution is 5.45. The molecule has 1 saturated carbocycles. The van der Waals surface area contributed by atoms with Gasteiger partial charge in [0.15, 0.2) is 11.5 Å². The summed E-state index contributed by atoms with van der Waals surface area (Å²) in [6, 6.07) is 6.37. The van der Waals surface area contributed by atoms with E-state index in [0.29, 0.717) is 19.1 Å². The normalized spacial score (nSPS) is 20.9. The summed E-state index contributed by atoms with van der Waals surface area (Å²) < 4.78 is 16.9. The predicted octanol–water partition coefficient (Wildman–Crippen LogP) is 2.14. The first-order valence-corrected chi connectivity index (χ1v) is 6.93. The number of likely N-dealkylation sites (N-methyl/N-ethyl adjacent to an activating group) is 1. The van der Waals surface area contributed by atoms with Crippen molar-refractivity contribution >= 4 is 0 Å². The lowest BCUT2D eigenvalue weighted by molar-refractivity contribution is 0.0528. The molecule has 1 aliphatic carbocycles. The van der Waals surface area contributed by atoms with Crippen LogP contribution in [0.4, 0.5) is 0 Å². The van der Waals surface area contributed by atoms with Gasteiger partial charge >= 0.3 is 0 Å². The number of benzene rings is 1. The molecule has 0 amide bonds. The van der Waals surface area contributed by atoms with Crippen molar-refractivity contribution in [1.82, 2.24) is 5.32 Å². The minimum atomic E-state index is 0.202. The third-order valence-corrected chi connectivity index (χ3v) is 3.92. The van der Waals surface area contributed by atoms with Crippen LogP contribution >= 0.6 is 0 Å². The molecule has 3 rings (SSSR count). The van der Waals surface area contributed by atoms with Crippen LogP contribution in [0.1, 0.15) is 24.4 Å². The summed E-state index contributed by atoms with van der Waals surface area (Å²) in [5.41, 5.74) is 1.20. The highest BCUT2D eigenvalue weighted by Crippen LogP contribution is 2.41. The maximum absolute atomic E-state index is 5.69. The van der Waals surface area contributed by atoms with Crippen LogP contribution in [0.2, 0.25) is 0 Å². The molecule has 0 radical (unpaired) electrons. The number of fused-ring (bicyclic) bond motifs is 1. The Hall–Kier alpha value is -1.26. The van der Waals surface area contributed by atoms with Crippen LogP contribution in [0.15, 0.2) is 18.2 Å². The Morgan fingerprint density at radius 2 is 1.95 bits per heavy atom. The molecule has 0 saturated heterocycles. The lowest BCUT2D eigenvalue weighted by atomic mass is 9.97. The Morgan fingerprint density at radius 1 is 1.21 bits per heavy atom. The Balaban J connectivity index is 1.86. The van der Waals surface area contributed by atoms with Gasteiger partial charge in [0.05, 0.1) is 12.1 Å². The number of ether oxygens (including phenoxy) is 3. The van der Waals surface area contributed by atoms with Gasteiger partial charge in [-0.2, -0.15) is 0 Å². The zero-order valence-electron chi connectivity index (χ0n) is 11.5. The molecule has 4 heteroatoms. The Labute approximate surface area is 114 Å². The molecule has 1 aromatic rings. The number of nitrogens with one attached hydrogen (secondary N) is 1. The van der Waals surface area contributed by atoms with Crippen molar-refractivity contribution < 1.29 is 14.2 Å². The smallest absolute Gasteiger partial charge is 0.161 e. The maximum Gasteiger partial charge on any atom is 0.161 e. The van der Waals surface area contributed by atoms with Crippen LogP contribution in [0.3, 0.4) is 0 Å². The van der Waals surface area contributed by atoms with Gasteiger partial charge in [-0.05, 0) is 43.5 Å². The lowest BCUT2D eigenvalue weighted by Gasteiger charge is -2.27. The number of rotatable bonds is 5. The van der Waals surface area contributed by atoms with Gasteiger partial charge in [0.25, 0.3) is 0 Å². The van der Waals surface area contributed by atoms with E-state index in [-0.39, 0.29) is 12.1 Å². The second kappa shape index (κ2) is 5.39. The quantitative estimate of drug-likeness (QED) is 0.883. The molecule has 0 spiro atoms. The van der Waals surface area contributed by atoms with E-state index in [1.54, 1.807) is 7.11 Å². The number of hydrogen-bond acceptors (Lipinski definition) is 4. The molecule has 19 heavy (non-hydrogen) atoms. The second-order valence-corrected chi connectivity index (χ2v) is 5.21. The van der Waals surface area contributed by atoms with E-state index in [4.69, 9.17) is 14.2 Å². The summed E-state index contributed by atoms with van der Waals surface area (Å²) in [7, 11) is 3.78. The van der Waals surface area contributed by atoms with Crippen molar-refractivity contribution in [1.29, 1.82) is 0 Å². The van der Waals surface area contributed by atoms with Crippen molar-refractivity contribution in [3.63, 3.8) is 0 Å². The fourth-order valence-corrected chi connectivity index (χ4v) is 2.80. The van der Waals surface area contributed by atoms with E-state index in [1.807, 2.05) is 13.1 Å². The molecule has 1 aromatic carbocycles. The standard InChI is InChI=1S/C15H21NO3/c1-16-14(15(17-2)10-3-4-10)11-5-6-12-13(9-11)19-8-7-18-12/h5-6,9-10,14-16H,3-4,7-8H2,1-2H3. The summed E-state index contributed by atoms with van der Waals surface area (Å²) in [6.45, 7) is 1.25. The molecule has 2 atom stereocenters. The topological polar surface area (TPSA) is 39.7 Å². The third-order valence-electron chi connectivity index (χ3n) is 3.92. The lowest BCUT2D eigenvalue weighted by Crippen LogP contribution is -2.32. The van der Waals surface area contributed by atoms with Gasteiger partial charge < -0.3 is 19.5 Å². The van der Waals surface area contributed by atoms with Gasteiger partial charge in [-0.15, -0.1) is 0 Å². The van der Waals surface area contributed by atoms with Gasteiger partial charge in [-0.1, -0.05) is 6.07 Å². The van der Waals surface area contributed by atoms with Gasteiger partial charge in [0, 0.05) is 7.11 Å². The van der Waals surface area contributed by atoms with Crippen molar-refractivity contribution in [2.45, 2.75) is 25.0 Å². The van der Waals surface area contributed by atoms with E-state index < -0.39 is 0 Å². The van der Waals surface area contributed by atoms with E-state index in [9.17, 15) is 0 Å². The maximum atomic E-state index is 5.69. The highest BCUT2D eigenvalue weighted by atomic mass is 16.6. The first-order chi connectivity index (χ1) is 9.33. The molecular formula is C15H21NO3. The number of hydrogen-bond donors (Lipinski definition) is 1. The minimum absolute atomic E-state index is 0.202. The summed E-state index contributed by atoms with van der Waals surface area (Å²) >= 11 is 0. The van der Waals surface area contributed by atoms with Gasteiger partial charge in [-0.25, -0.2) is 0 Å². The molecule has 2 unspecified atom stereocenters. The molecule has 4 nitrogen and oxygen atoms in total. The summed E-state index contributed by atoms with van der Waals surface area (Å²) in [6.07, 6.45) is 2.76. The first kappa shape index (κ1) is 12.8. The molecular weight excluding hydrogens is 242 g/mol. The minimum Gasteiger partial charge on any atom is -0.486 e. The Morgan fingerprint density at radius 3 is 2.58 bits per heavy atom. The Kier molecular flexibility index (Phi) is 3.62. The van der Waals surface area contributed by atoms with E-state index >= 15 is 0 Å².